The van der Waals surface area contributed by atoms with Crippen LogP contribution < -0.4 is 5.73 Å². The summed E-state index contributed by atoms with van der Waals surface area (Å²) in [6.45, 7) is 6.03. The molecule has 0 aliphatic heterocycles. The predicted octanol–water partition coefficient (Wildman–Crippen LogP) is 2.57. The molecule has 2 aromatic rings. The third-order valence-corrected chi connectivity index (χ3v) is 2.88. The molecule has 0 amide bonds. The monoisotopic (exact) mass is 310 g/mol. The lowest BCUT2D eigenvalue weighted by Gasteiger charge is -2.11. The third-order valence-electron chi connectivity index (χ3n) is 2.45. The molecule has 18 heavy (non-hydrogen) atoms. The average molecular weight is 311 g/mol. The van der Waals surface area contributed by atoms with E-state index in [0.29, 0.717) is 11.7 Å². The van der Waals surface area contributed by atoms with Crippen LogP contribution >= 0.6 is 15.9 Å². The van der Waals surface area contributed by atoms with Gasteiger partial charge in [-0.1, -0.05) is 25.9 Å². The maximum Gasteiger partial charge on any atom is 0.232 e. The zero-order valence-electron chi connectivity index (χ0n) is 10.5. The molecule has 0 saturated heterocycles. The Morgan fingerprint density at radius 2 is 2.06 bits per heavy atom. The molecule has 0 aliphatic rings. The van der Waals surface area contributed by atoms with Crippen molar-refractivity contribution in [3.05, 3.63) is 40.2 Å². The van der Waals surface area contributed by atoms with Crippen LogP contribution in [0.3, 0.4) is 0 Å². The zero-order chi connectivity index (χ0) is 13.3. The van der Waals surface area contributed by atoms with E-state index in [1.807, 2.05) is 26.8 Å². The predicted molar refractivity (Wildman–Crippen MR) is 71.0 cm³/mol. The first-order valence-electron chi connectivity index (χ1n) is 5.58. The normalized spacial score (nSPS) is 13.6. The second-order valence-electron chi connectivity index (χ2n) is 5.12. The molecule has 1 atom stereocenters. The Morgan fingerprint density at radius 3 is 2.61 bits per heavy atom. The Kier molecular flexibility index (Phi) is 3.49. The Morgan fingerprint density at radius 1 is 1.33 bits per heavy atom. The molecule has 5 nitrogen and oxygen atoms in total. The summed E-state index contributed by atoms with van der Waals surface area (Å²) in [6.07, 6.45) is 3.40. The van der Waals surface area contributed by atoms with Crippen LogP contribution in [0.2, 0.25) is 0 Å². The van der Waals surface area contributed by atoms with Gasteiger partial charge in [-0.05, 0) is 27.6 Å². The van der Waals surface area contributed by atoms with Crippen molar-refractivity contribution in [2.45, 2.75) is 32.2 Å². The Bertz CT molecular complexity index is 547. The van der Waals surface area contributed by atoms with Crippen molar-refractivity contribution in [2.24, 2.45) is 5.73 Å². The molecule has 96 valence electrons. The van der Waals surface area contributed by atoms with Gasteiger partial charge in [-0.2, -0.15) is 4.98 Å². The van der Waals surface area contributed by atoms with E-state index in [1.165, 1.54) is 0 Å². The number of nitrogens with two attached hydrogens (primary N) is 1. The van der Waals surface area contributed by atoms with Gasteiger partial charge in [0, 0.05) is 22.3 Å². The Balaban J connectivity index is 2.29. The van der Waals surface area contributed by atoms with E-state index < -0.39 is 6.04 Å². The Hall–Kier alpha value is -1.27. The lowest BCUT2D eigenvalue weighted by molar-refractivity contribution is 0.317. The van der Waals surface area contributed by atoms with Gasteiger partial charge < -0.3 is 10.3 Å². The molecule has 0 fully saturated rings. The van der Waals surface area contributed by atoms with Gasteiger partial charge in [-0.15, -0.1) is 0 Å². The SMILES string of the molecule is CC(C)(C)c1nc(C(N)c2cncc(Br)c2)no1. The quantitative estimate of drug-likeness (QED) is 0.922. The van der Waals surface area contributed by atoms with E-state index in [-0.39, 0.29) is 5.41 Å². The van der Waals surface area contributed by atoms with Crippen LogP contribution in [-0.4, -0.2) is 15.1 Å². The lowest BCUT2D eigenvalue weighted by atomic mass is 9.97. The molecule has 2 aromatic heterocycles. The van der Waals surface area contributed by atoms with Crippen LogP contribution in [-0.2, 0) is 5.41 Å². The van der Waals surface area contributed by atoms with Crippen LogP contribution in [0.25, 0.3) is 0 Å². The van der Waals surface area contributed by atoms with Crippen molar-refractivity contribution in [3.8, 4) is 0 Å². The fourth-order valence-corrected chi connectivity index (χ4v) is 1.80. The maximum atomic E-state index is 6.10. The second kappa shape index (κ2) is 4.78. The average Bonchev–Trinajstić information content (AvgIpc) is 2.77. The first-order valence-corrected chi connectivity index (χ1v) is 6.37. The van der Waals surface area contributed by atoms with Crippen molar-refractivity contribution in [2.75, 3.05) is 0 Å². The molecule has 2 N–H and O–H groups in total. The fraction of sp³-hybridized carbons (Fsp3) is 0.417. The molecule has 0 radical (unpaired) electrons. The van der Waals surface area contributed by atoms with Gasteiger partial charge in [-0.25, -0.2) is 0 Å². The third kappa shape index (κ3) is 2.76. The van der Waals surface area contributed by atoms with E-state index in [4.69, 9.17) is 10.3 Å². The highest BCUT2D eigenvalue weighted by Gasteiger charge is 2.24. The fourth-order valence-electron chi connectivity index (χ4n) is 1.41. The molecule has 0 aliphatic carbocycles. The van der Waals surface area contributed by atoms with Crippen LogP contribution in [0.5, 0.6) is 0 Å². The van der Waals surface area contributed by atoms with Crippen LogP contribution in [0.15, 0.2) is 27.5 Å². The number of rotatable bonds is 2. The standard InChI is InChI=1S/C12H15BrN4O/c1-12(2,3)11-16-10(17-18-11)9(14)7-4-8(13)6-15-5-7/h4-6,9H,14H2,1-3H3. The highest BCUT2D eigenvalue weighted by atomic mass is 79.9. The van der Waals surface area contributed by atoms with E-state index in [1.54, 1.807) is 12.4 Å². The molecular weight excluding hydrogens is 296 g/mol. The van der Waals surface area contributed by atoms with Gasteiger partial charge in [0.1, 0.15) is 0 Å². The molecule has 0 aromatic carbocycles. The summed E-state index contributed by atoms with van der Waals surface area (Å²) < 4.78 is 6.10. The number of aromatic nitrogens is 3. The highest BCUT2D eigenvalue weighted by Crippen LogP contribution is 2.24. The van der Waals surface area contributed by atoms with Crippen LogP contribution in [0.4, 0.5) is 0 Å². The number of hydrogen-bond acceptors (Lipinski definition) is 5. The van der Waals surface area contributed by atoms with Crippen molar-refractivity contribution >= 4 is 15.9 Å². The maximum absolute atomic E-state index is 6.10. The molecule has 1 unspecified atom stereocenters. The topological polar surface area (TPSA) is 77.8 Å². The van der Waals surface area contributed by atoms with E-state index in [2.05, 4.69) is 31.1 Å². The smallest absolute Gasteiger partial charge is 0.232 e. The van der Waals surface area contributed by atoms with Gasteiger partial charge in [0.25, 0.3) is 0 Å². The van der Waals surface area contributed by atoms with Gasteiger partial charge in [0.2, 0.25) is 5.89 Å². The number of pyridine rings is 1. The molecular formula is C12H15BrN4O. The van der Waals surface area contributed by atoms with Crippen molar-refractivity contribution in [1.82, 2.24) is 15.1 Å². The molecule has 2 heterocycles. The van der Waals surface area contributed by atoms with Crippen molar-refractivity contribution < 1.29 is 4.52 Å². The number of nitrogens with zero attached hydrogens (tertiary/aromatic N) is 3. The van der Waals surface area contributed by atoms with Gasteiger partial charge in [-0.3, -0.25) is 4.98 Å². The van der Waals surface area contributed by atoms with Gasteiger partial charge in [0.05, 0.1) is 6.04 Å². The minimum absolute atomic E-state index is 0.180. The number of halogens is 1. The van der Waals surface area contributed by atoms with E-state index in [0.717, 1.165) is 10.0 Å². The van der Waals surface area contributed by atoms with Gasteiger partial charge >= 0.3 is 0 Å². The Labute approximate surface area is 114 Å². The van der Waals surface area contributed by atoms with Gasteiger partial charge in [0.15, 0.2) is 5.82 Å². The second-order valence-corrected chi connectivity index (χ2v) is 6.04. The minimum atomic E-state index is -0.435. The van der Waals surface area contributed by atoms with Crippen molar-refractivity contribution in [3.63, 3.8) is 0 Å². The largest absolute Gasteiger partial charge is 0.339 e. The molecule has 0 bridgehead atoms. The van der Waals surface area contributed by atoms with Crippen LogP contribution in [0.1, 0.15) is 44.1 Å². The summed E-state index contributed by atoms with van der Waals surface area (Å²) >= 11 is 3.36. The lowest BCUT2D eigenvalue weighted by Crippen LogP contribution is -2.15. The molecule has 6 heteroatoms. The minimum Gasteiger partial charge on any atom is -0.339 e. The number of hydrogen-bond donors (Lipinski definition) is 1. The summed E-state index contributed by atoms with van der Waals surface area (Å²) in [4.78, 5) is 8.41. The molecule has 0 saturated carbocycles. The summed E-state index contributed by atoms with van der Waals surface area (Å²) in [5, 5.41) is 3.93. The van der Waals surface area contributed by atoms with Crippen LogP contribution in [0, 0.1) is 0 Å². The summed E-state index contributed by atoms with van der Waals surface area (Å²) in [7, 11) is 0. The van der Waals surface area contributed by atoms with E-state index >= 15 is 0 Å². The summed E-state index contributed by atoms with van der Waals surface area (Å²) in [5.74, 6) is 1.05. The summed E-state index contributed by atoms with van der Waals surface area (Å²) in [6, 6.07) is 1.46. The zero-order valence-corrected chi connectivity index (χ0v) is 12.1. The summed E-state index contributed by atoms with van der Waals surface area (Å²) in [5.41, 5.74) is 6.75. The highest BCUT2D eigenvalue weighted by molar-refractivity contribution is 9.10. The van der Waals surface area contributed by atoms with E-state index in [9.17, 15) is 0 Å². The van der Waals surface area contributed by atoms with Crippen molar-refractivity contribution in [1.29, 1.82) is 0 Å². The first kappa shape index (κ1) is 13.2. The first-order chi connectivity index (χ1) is 8.38. The molecule has 0 spiro atoms. The molecule has 2 rings (SSSR count).